The molecule has 116 valence electrons. The fourth-order valence-electron chi connectivity index (χ4n) is 2.25. The predicted molar refractivity (Wildman–Crippen MR) is 76.9 cm³/mol. The number of ether oxygens (including phenoxy) is 1. The lowest BCUT2D eigenvalue weighted by Crippen LogP contribution is -2.37. The van der Waals surface area contributed by atoms with E-state index in [4.69, 9.17) is 4.74 Å². The van der Waals surface area contributed by atoms with Gasteiger partial charge >= 0.3 is 6.09 Å². The van der Waals surface area contributed by atoms with Crippen LogP contribution in [0.5, 0.6) is 0 Å². The van der Waals surface area contributed by atoms with Gasteiger partial charge in [-0.25, -0.2) is 4.79 Å². The molecule has 2 heterocycles. The fourth-order valence-corrected chi connectivity index (χ4v) is 2.25. The summed E-state index contributed by atoms with van der Waals surface area (Å²) in [6, 6.07) is 0. The van der Waals surface area contributed by atoms with Gasteiger partial charge in [0.05, 0.1) is 24.0 Å². The molecule has 1 aliphatic rings. The third-order valence-corrected chi connectivity index (χ3v) is 3.21. The second kappa shape index (κ2) is 5.75. The van der Waals surface area contributed by atoms with E-state index in [0.29, 0.717) is 25.2 Å². The van der Waals surface area contributed by atoms with Crippen LogP contribution in [0.25, 0.3) is 0 Å². The molecule has 7 nitrogen and oxygen atoms in total. The highest BCUT2D eigenvalue weighted by Gasteiger charge is 2.27. The first-order valence-corrected chi connectivity index (χ1v) is 7.06. The Kier molecular flexibility index (Phi) is 4.20. The molecule has 0 aromatic carbocycles. The molecule has 1 aromatic heterocycles. The van der Waals surface area contributed by atoms with Gasteiger partial charge in [-0.15, -0.1) is 0 Å². The van der Waals surface area contributed by atoms with Crippen LogP contribution in [0.2, 0.25) is 0 Å². The number of nitrogens with one attached hydrogen (secondary N) is 1. The molecule has 0 fully saturated rings. The largest absolute Gasteiger partial charge is 0.444 e. The van der Waals surface area contributed by atoms with E-state index in [9.17, 15) is 9.59 Å². The zero-order valence-corrected chi connectivity index (χ0v) is 13.0. The van der Waals surface area contributed by atoms with Gasteiger partial charge in [0.1, 0.15) is 5.60 Å². The average Bonchev–Trinajstić information content (AvgIpc) is 2.65. The lowest BCUT2D eigenvalue weighted by atomic mass is 10.2. The van der Waals surface area contributed by atoms with Gasteiger partial charge in [0.25, 0.3) is 5.91 Å². The summed E-state index contributed by atoms with van der Waals surface area (Å²) in [7, 11) is 1.58. The Morgan fingerprint density at radius 1 is 1.33 bits per heavy atom. The first kappa shape index (κ1) is 15.3. The van der Waals surface area contributed by atoms with E-state index in [1.807, 2.05) is 20.8 Å². The molecule has 0 spiro atoms. The number of hydrogen-bond donors (Lipinski definition) is 1. The zero-order chi connectivity index (χ0) is 15.6. The van der Waals surface area contributed by atoms with Crippen molar-refractivity contribution in [1.29, 1.82) is 0 Å². The van der Waals surface area contributed by atoms with Crippen LogP contribution in [0, 0.1) is 0 Å². The highest BCUT2D eigenvalue weighted by Crippen LogP contribution is 2.19. The maximum atomic E-state index is 12.2. The summed E-state index contributed by atoms with van der Waals surface area (Å²) in [5.74, 6) is -0.192. The Hall–Kier alpha value is -2.05. The van der Waals surface area contributed by atoms with E-state index in [-0.39, 0.29) is 12.0 Å². The number of fused-ring (bicyclic) bond motifs is 1. The molecule has 0 saturated heterocycles. The molecule has 1 aliphatic heterocycles. The molecule has 1 N–H and O–H groups in total. The maximum absolute atomic E-state index is 12.2. The molecule has 0 bridgehead atoms. The van der Waals surface area contributed by atoms with Crippen molar-refractivity contribution in [3.8, 4) is 0 Å². The van der Waals surface area contributed by atoms with Gasteiger partial charge in [-0.3, -0.25) is 9.48 Å². The average molecular weight is 294 g/mol. The summed E-state index contributed by atoms with van der Waals surface area (Å²) in [4.78, 5) is 25.7. The van der Waals surface area contributed by atoms with Crippen molar-refractivity contribution in [2.24, 2.45) is 0 Å². The first-order valence-electron chi connectivity index (χ1n) is 7.06. The van der Waals surface area contributed by atoms with Gasteiger partial charge in [0, 0.05) is 20.1 Å². The van der Waals surface area contributed by atoms with E-state index in [0.717, 1.165) is 12.1 Å². The van der Waals surface area contributed by atoms with Gasteiger partial charge in [-0.1, -0.05) is 0 Å². The second-order valence-corrected chi connectivity index (χ2v) is 6.06. The number of carbonyl (C=O) groups is 2. The van der Waals surface area contributed by atoms with Crippen molar-refractivity contribution in [3.05, 3.63) is 17.5 Å². The number of amides is 2. The lowest BCUT2D eigenvalue weighted by Gasteiger charge is -2.26. The van der Waals surface area contributed by atoms with Crippen LogP contribution in [0.15, 0.2) is 6.20 Å². The van der Waals surface area contributed by atoms with Crippen LogP contribution in [0.1, 0.15) is 43.2 Å². The number of aryl methyl sites for hydroxylation is 1. The molecular formula is C14H22N4O3. The van der Waals surface area contributed by atoms with Crippen molar-refractivity contribution in [2.75, 3.05) is 13.6 Å². The molecule has 1 aromatic rings. The number of hydrogen-bond acceptors (Lipinski definition) is 4. The van der Waals surface area contributed by atoms with Crippen LogP contribution in [-0.4, -0.2) is 45.9 Å². The van der Waals surface area contributed by atoms with Gasteiger partial charge in [0.15, 0.2) is 0 Å². The van der Waals surface area contributed by atoms with E-state index in [2.05, 4.69) is 10.4 Å². The number of aromatic nitrogens is 2. The molecule has 0 saturated carbocycles. The van der Waals surface area contributed by atoms with Gasteiger partial charge in [0.2, 0.25) is 0 Å². The highest BCUT2D eigenvalue weighted by molar-refractivity contribution is 5.95. The van der Waals surface area contributed by atoms with Crippen molar-refractivity contribution in [2.45, 2.75) is 45.9 Å². The quantitative estimate of drug-likeness (QED) is 0.849. The lowest BCUT2D eigenvalue weighted by molar-refractivity contribution is 0.0235. The van der Waals surface area contributed by atoms with Gasteiger partial charge in [-0.2, -0.15) is 5.10 Å². The third kappa shape index (κ3) is 3.53. The molecule has 7 heteroatoms. The van der Waals surface area contributed by atoms with Crippen LogP contribution in [0.3, 0.4) is 0 Å². The summed E-state index contributed by atoms with van der Waals surface area (Å²) in [6.07, 6.45) is 1.97. The van der Waals surface area contributed by atoms with E-state index in [1.165, 1.54) is 0 Å². The minimum absolute atomic E-state index is 0.192. The Bertz CT molecular complexity index is 545. The third-order valence-electron chi connectivity index (χ3n) is 3.21. The van der Waals surface area contributed by atoms with Crippen LogP contribution >= 0.6 is 0 Å². The predicted octanol–water partition coefficient (Wildman–Crippen LogP) is 1.38. The molecule has 0 aliphatic carbocycles. The van der Waals surface area contributed by atoms with Gasteiger partial charge < -0.3 is 15.0 Å². The monoisotopic (exact) mass is 294 g/mol. The maximum Gasteiger partial charge on any atom is 0.410 e. The minimum atomic E-state index is -0.534. The molecule has 21 heavy (non-hydrogen) atoms. The zero-order valence-electron chi connectivity index (χ0n) is 13.0. The molecule has 2 rings (SSSR count). The Balaban J connectivity index is 2.21. The Morgan fingerprint density at radius 2 is 2.05 bits per heavy atom. The highest BCUT2D eigenvalue weighted by atomic mass is 16.6. The SMILES string of the molecule is CNC(=O)c1cnn2c1CN(C(=O)OC(C)(C)C)CCC2. The van der Waals surface area contributed by atoms with E-state index in [1.54, 1.807) is 22.8 Å². The van der Waals surface area contributed by atoms with Crippen LogP contribution < -0.4 is 5.32 Å². The summed E-state index contributed by atoms with van der Waals surface area (Å²) in [5, 5.41) is 6.82. The molecule has 0 radical (unpaired) electrons. The Morgan fingerprint density at radius 3 is 2.67 bits per heavy atom. The Labute approximate surface area is 124 Å². The fraction of sp³-hybridized carbons (Fsp3) is 0.643. The molecule has 0 atom stereocenters. The van der Waals surface area contributed by atoms with Crippen LogP contribution in [-0.2, 0) is 17.8 Å². The van der Waals surface area contributed by atoms with Crippen molar-refractivity contribution < 1.29 is 14.3 Å². The number of carbonyl (C=O) groups excluding carboxylic acids is 2. The summed E-state index contributed by atoms with van der Waals surface area (Å²) in [6.45, 7) is 7.11. The standard InChI is InChI=1S/C14H22N4O3/c1-14(2,3)21-13(20)17-6-5-7-18-11(9-17)10(8-16-18)12(19)15-4/h8H,5-7,9H2,1-4H3,(H,15,19). The van der Waals surface area contributed by atoms with Crippen LogP contribution in [0.4, 0.5) is 4.79 Å². The molecular weight excluding hydrogens is 272 g/mol. The van der Waals surface area contributed by atoms with Crippen molar-refractivity contribution in [3.63, 3.8) is 0 Å². The first-order chi connectivity index (χ1) is 9.81. The number of nitrogens with zero attached hydrogens (tertiary/aromatic N) is 3. The van der Waals surface area contributed by atoms with E-state index < -0.39 is 5.60 Å². The summed E-state index contributed by atoms with van der Waals surface area (Å²) >= 11 is 0. The second-order valence-electron chi connectivity index (χ2n) is 6.06. The minimum Gasteiger partial charge on any atom is -0.444 e. The number of rotatable bonds is 1. The summed E-state index contributed by atoms with van der Waals surface area (Å²) < 4.78 is 7.19. The molecule has 2 amide bonds. The van der Waals surface area contributed by atoms with Crippen molar-refractivity contribution in [1.82, 2.24) is 20.0 Å². The van der Waals surface area contributed by atoms with Crippen molar-refractivity contribution >= 4 is 12.0 Å². The summed E-state index contributed by atoms with van der Waals surface area (Å²) in [5.41, 5.74) is 0.721. The normalized spacial score (nSPS) is 15.1. The molecule has 0 unspecified atom stereocenters. The topological polar surface area (TPSA) is 76.5 Å². The van der Waals surface area contributed by atoms with Gasteiger partial charge in [-0.05, 0) is 27.2 Å². The van der Waals surface area contributed by atoms with E-state index >= 15 is 0 Å². The smallest absolute Gasteiger partial charge is 0.410 e.